The van der Waals surface area contributed by atoms with E-state index < -0.39 is 0 Å². The maximum Gasteiger partial charge on any atom is 0.160 e. The first kappa shape index (κ1) is 35.6. The highest BCUT2D eigenvalue weighted by molar-refractivity contribution is 6.11. The number of hydrogen-bond acceptors (Lipinski definition) is 4. The summed E-state index contributed by atoms with van der Waals surface area (Å²) in [5.74, 6) is 0.620. The van der Waals surface area contributed by atoms with Gasteiger partial charge in [-0.25, -0.2) is 9.97 Å². The van der Waals surface area contributed by atoms with Crippen molar-refractivity contribution in [2.45, 2.75) is 0 Å². The van der Waals surface area contributed by atoms with E-state index in [-0.39, 0.29) is 0 Å². The standard InChI is InChI=1S/C58H36N2O2/c1-3-15-37(16-4-1)39-19-11-20-40(31-39)41-21-12-22-42(32-41)53-36-52(38-17-5-2-6-18-38)59-58(60-53)45-34-43(46-25-13-27-50-48-23-7-9-29-54(48)61-56(46)50)33-44(35-45)47-26-14-28-51-49-24-8-10-30-55(49)62-57(47)51/h1-36H. The van der Waals surface area contributed by atoms with Crippen LogP contribution in [0.3, 0.4) is 0 Å². The molecule has 12 rings (SSSR count). The number of aromatic nitrogens is 2. The Hall–Kier alpha value is -8.34. The van der Waals surface area contributed by atoms with E-state index in [2.05, 4.69) is 188 Å². The Morgan fingerprint density at radius 3 is 1.23 bits per heavy atom. The zero-order valence-corrected chi connectivity index (χ0v) is 33.5. The molecule has 0 atom stereocenters. The molecule has 0 aliphatic rings. The van der Waals surface area contributed by atoms with Crippen LogP contribution in [0.4, 0.5) is 0 Å². The van der Waals surface area contributed by atoms with Gasteiger partial charge in [0.25, 0.3) is 0 Å². The van der Waals surface area contributed by atoms with Crippen molar-refractivity contribution >= 4 is 43.9 Å². The average molecular weight is 793 g/mol. The Labute approximate surface area is 358 Å². The molecule has 4 nitrogen and oxygen atoms in total. The van der Waals surface area contributed by atoms with Crippen molar-refractivity contribution in [1.29, 1.82) is 0 Å². The summed E-state index contributed by atoms with van der Waals surface area (Å²) in [6.45, 7) is 0. The molecule has 4 heteroatoms. The van der Waals surface area contributed by atoms with Gasteiger partial charge in [-0.2, -0.15) is 0 Å². The van der Waals surface area contributed by atoms with Crippen LogP contribution in [0.15, 0.2) is 227 Å². The van der Waals surface area contributed by atoms with Crippen LogP contribution in [0, 0.1) is 0 Å². The number of furan rings is 2. The number of rotatable bonds is 7. The average Bonchev–Trinajstić information content (AvgIpc) is 3.93. The minimum absolute atomic E-state index is 0.620. The molecule has 290 valence electrons. The molecule has 9 aromatic carbocycles. The van der Waals surface area contributed by atoms with Crippen LogP contribution in [0.2, 0.25) is 0 Å². The minimum atomic E-state index is 0.620. The molecule has 0 aliphatic carbocycles. The van der Waals surface area contributed by atoms with Gasteiger partial charge in [0.1, 0.15) is 22.3 Å². The normalized spacial score (nSPS) is 11.5. The number of hydrogen-bond donors (Lipinski definition) is 0. The van der Waals surface area contributed by atoms with Crippen molar-refractivity contribution in [3.05, 3.63) is 218 Å². The second-order valence-electron chi connectivity index (χ2n) is 15.7. The van der Waals surface area contributed by atoms with Gasteiger partial charge in [-0.3, -0.25) is 0 Å². The molecule has 0 bridgehead atoms. The Morgan fingerprint density at radius 1 is 0.258 bits per heavy atom. The fourth-order valence-corrected chi connectivity index (χ4v) is 8.86. The summed E-state index contributed by atoms with van der Waals surface area (Å²) in [4.78, 5) is 10.7. The van der Waals surface area contributed by atoms with Crippen molar-refractivity contribution in [3.63, 3.8) is 0 Å². The van der Waals surface area contributed by atoms with Gasteiger partial charge in [0.15, 0.2) is 5.82 Å². The molecule has 0 spiro atoms. The largest absolute Gasteiger partial charge is 0.455 e. The highest BCUT2D eigenvalue weighted by Crippen LogP contribution is 2.42. The lowest BCUT2D eigenvalue weighted by Gasteiger charge is -2.14. The molecule has 0 saturated heterocycles. The van der Waals surface area contributed by atoms with Gasteiger partial charge in [-0.15, -0.1) is 0 Å². The first-order valence-electron chi connectivity index (χ1n) is 20.9. The molecule has 62 heavy (non-hydrogen) atoms. The van der Waals surface area contributed by atoms with Crippen LogP contribution in [0.1, 0.15) is 0 Å². The molecule has 0 radical (unpaired) electrons. The summed E-state index contributed by atoms with van der Waals surface area (Å²) in [6, 6.07) is 76.2. The number of para-hydroxylation sites is 4. The highest BCUT2D eigenvalue weighted by atomic mass is 16.3. The maximum atomic E-state index is 6.62. The molecule has 0 amide bonds. The highest BCUT2D eigenvalue weighted by Gasteiger charge is 2.19. The van der Waals surface area contributed by atoms with Gasteiger partial charge in [-0.05, 0) is 81.9 Å². The van der Waals surface area contributed by atoms with Crippen LogP contribution >= 0.6 is 0 Å². The van der Waals surface area contributed by atoms with Crippen LogP contribution in [0.5, 0.6) is 0 Å². The number of benzene rings is 9. The first-order valence-corrected chi connectivity index (χ1v) is 20.9. The first-order chi connectivity index (χ1) is 30.7. The zero-order valence-electron chi connectivity index (χ0n) is 33.5. The quantitative estimate of drug-likeness (QED) is 0.161. The van der Waals surface area contributed by atoms with E-state index in [0.29, 0.717) is 5.82 Å². The predicted octanol–water partition coefficient (Wildman–Crippen LogP) is 15.9. The molecule has 0 aliphatic heterocycles. The summed E-state index contributed by atoms with van der Waals surface area (Å²) < 4.78 is 13.2. The van der Waals surface area contributed by atoms with Crippen molar-refractivity contribution in [1.82, 2.24) is 9.97 Å². The van der Waals surface area contributed by atoms with Crippen LogP contribution in [-0.4, -0.2) is 9.97 Å². The predicted molar refractivity (Wildman–Crippen MR) is 255 cm³/mol. The lowest BCUT2D eigenvalue weighted by Crippen LogP contribution is -1.97. The molecule has 3 heterocycles. The third-order valence-corrected chi connectivity index (χ3v) is 11.9. The Balaban J connectivity index is 1.07. The molecule has 3 aromatic heterocycles. The molecular weight excluding hydrogens is 757 g/mol. The second kappa shape index (κ2) is 14.7. The summed E-state index contributed by atoms with van der Waals surface area (Å²) >= 11 is 0. The summed E-state index contributed by atoms with van der Waals surface area (Å²) in [5.41, 5.74) is 16.5. The van der Waals surface area contributed by atoms with E-state index in [1.54, 1.807) is 0 Å². The van der Waals surface area contributed by atoms with Gasteiger partial charge in [-0.1, -0.05) is 170 Å². The topological polar surface area (TPSA) is 52.1 Å². The third kappa shape index (κ3) is 6.25. The van der Waals surface area contributed by atoms with Crippen LogP contribution in [0.25, 0.3) is 122 Å². The van der Waals surface area contributed by atoms with Gasteiger partial charge >= 0.3 is 0 Å². The van der Waals surface area contributed by atoms with E-state index in [1.807, 2.05) is 30.3 Å². The number of nitrogens with zero attached hydrogens (tertiary/aromatic N) is 2. The van der Waals surface area contributed by atoms with E-state index in [9.17, 15) is 0 Å². The Bertz CT molecular complexity index is 3510. The summed E-state index contributed by atoms with van der Waals surface area (Å²) in [7, 11) is 0. The van der Waals surface area contributed by atoms with E-state index in [4.69, 9.17) is 18.8 Å². The lowest BCUT2D eigenvalue weighted by atomic mass is 9.93. The molecule has 0 fully saturated rings. The Kier molecular flexibility index (Phi) is 8.46. The minimum Gasteiger partial charge on any atom is -0.455 e. The summed E-state index contributed by atoms with van der Waals surface area (Å²) in [5, 5.41) is 4.32. The molecule has 0 saturated carbocycles. The number of fused-ring (bicyclic) bond motifs is 6. The fraction of sp³-hybridized carbons (Fsp3) is 0. The van der Waals surface area contributed by atoms with Crippen molar-refractivity contribution in [2.75, 3.05) is 0 Å². The Morgan fingerprint density at radius 2 is 0.645 bits per heavy atom. The van der Waals surface area contributed by atoms with Crippen LogP contribution < -0.4 is 0 Å². The SMILES string of the molecule is c1ccc(-c2cccc(-c3cccc(-c4cc(-c5ccccc5)nc(-c5cc(-c6cccc7c6oc6ccccc67)cc(-c6cccc7c6oc6ccccc67)c5)n4)c3)c2)cc1. The third-order valence-electron chi connectivity index (χ3n) is 11.9. The summed E-state index contributed by atoms with van der Waals surface area (Å²) in [6.07, 6.45) is 0. The molecule has 0 unspecified atom stereocenters. The van der Waals surface area contributed by atoms with Crippen molar-refractivity contribution in [3.8, 4) is 78.4 Å². The zero-order chi connectivity index (χ0) is 41.0. The second-order valence-corrected chi connectivity index (χ2v) is 15.7. The van der Waals surface area contributed by atoms with Crippen LogP contribution in [-0.2, 0) is 0 Å². The maximum absolute atomic E-state index is 6.62. The van der Waals surface area contributed by atoms with E-state index >= 15 is 0 Å². The monoisotopic (exact) mass is 792 g/mol. The van der Waals surface area contributed by atoms with Crippen molar-refractivity contribution < 1.29 is 8.83 Å². The van der Waals surface area contributed by atoms with Gasteiger partial charge in [0, 0.05) is 49.4 Å². The lowest BCUT2D eigenvalue weighted by molar-refractivity contribution is 0.670. The van der Waals surface area contributed by atoms with Gasteiger partial charge in [0.05, 0.1) is 11.4 Å². The van der Waals surface area contributed by atoms with Crippen molar-refractivity contribution in [2.24, 2.45) is 0 Å². The molecule has 12 aromatic rings. The van der Waals surface area contributed by atoms with Gasteiger partial charge < -0.3 is 8.83 Å². The van der Waals surface area contributed by atoms with E-state index in [0.717, 1.165) is 105 Å². The molecular formula is C58H36N2O2. The fourth-order valence-electron chi connectivity index (χ4n) is 8.86. The van der Waals surface area contributed by atoms with Gasteiger partial charge in [0.2, 0.25) is 0 Å². The molecule has 0 N–H and O–H groups in total. The van der Waals surface area contributed by atoms with E-state index in [1.165, 1.54) is 11.1 Å². The smallest absolute Gasteiger partial charge is 0.160 e.